The van der Waals surface area contributed by atoms with Crippen LogP contribution in [0.15, 0.2) is 42.2 Å². The second-order valence-electron chi connectivity index (χ2n) is 6.44. The third kappa shape index (κ3) is 4.62. The summed E-state index contributed by atoms with van der Waals surface area (Å²) in [5.74, 6) is -0.361. The van der Waals surface area contributed by atoms with Gasteiger partial charge in [0.2, 0.25) is 0 Å². The maximum atomic E-state index is 11.9. The van der Waals surface area contributed by atoms with Gasteiger partial charge in [-0.2, -0.15) is 5.26 Å². The first-order chi connectivity index (χ1) is 10.9. The number of aromatic amines is 1. The van der Waals surface area contributed by atoms with Crippen LogP contribution in [-0.2, 0) is 11.2 Å². The van der Waals surface area contributed by atoms with Gasteiger partial charge in [-0.05, 0) is 38.8 Å². The van der Waals surface area contributed by atoms with Crippen molar-refractivity contribution in [1.29, 1.82) is 5.26 Å². The second-order valence-corrected chi connectivity index (χ2v) is 6.44. The Morgan fingerprint density at radius 1 is 1.35 bits per heavy atom. The molecule has 23 heavy (non-hydrogen) atoms. The molecule has 0 fully saturated rings. The van der Waals surface area contributed by atoms with Gasteiger partial charge in [0.15, 0.2) is 0 Å². The number of carbonyl (C=O) groups excluding carboxylic acids is 1. The van der Waals surface area contributed by atoms with Gasteiger partial charge in [-0.1, -0.05) is 18.2 Å². The molecular formula is C18H22N4O. The van der Waals surface area contributed by atoms with Crippen molar-refractivity contribution >= 4 is 16.8 Å². The Kier molecular flexibility index (Phi) is 5.07. The van der Waals surface area contributed by atoms with Crippen LogP contribution in [0.1, 0.15) is 26.3 Å². The number of nitrogens with one attached hydrogen (secondary N) is 3. The molecule has 0 bridgehead atoms. The Balaban J connectivity index is 1.92. The molecule has 2 rings (SSSR count). The number of nitriles is 1. The minimum absolute atomic E-state index is 0.0823. The zero-order valence-corrected chi connectivity index (χ0v) is 13.7. The lowest BCUT2D eigenvalue weighted by atomic mass is 10.1. The van der Waals surface area contributed by atoms with E-state index in [1.165, 1.54) is 17.1 Å². The van der Waals surface area contributed by atoms with Crippen molar-refractivity contribution in [3.05, 3.63) is 47.8 Å². The first-order valence-corrected chi connectivity index (χ1v) is 7.62. The summed E-state index contributed by atoms with van der Waals surface area (Å²) in [6.07, 6.45) is 4.28. The molecule has 1 aromatic carbocycles. The molecule has 0 aliphatic heterocycles. The van der Waals surface area contributed by atoms with E-state index in [1.54, 1.807) is 0 Å². The maximum Gasteiger partial charge on any atom is 0.263 e. The quantitative estimate of drug-likeness (QED) is 0.451. The third-order valence-corrected chi connectivity index (χ3v) is 3.31. The number of nitrogens with zero attached hydrogens (tertiary/aromatic N) is 1. The molecular weight excluding hydrogens is 288 g/mol. The standard InChI is InChI=1S/C18H22N4O/c1-18(2,3)22-17(23)14(10-19)11-20-9-8-13-12-21-16-7-5-4-6-15(13)16/h4-7,11-12,20-21H,8-9H2,1-3H3,(H,22,23)/b14-11-. The molecule has 5 nitrogen and oxygen atoms in total. The molecule has 0 radical (unpaired) electrons. The molecule has 120 valence electrons. The summed E-state index contributed by atoms with van der Waals surface area (Å²) in [5.41, 5.74) is 2.04. The first kappa shape index (κ1) is 16.6. The number of H-pyrrole nitrogens is 1. The van der Waals surface area contributed by atoms with Crippen LogP contribution in [0.5, 0.6) is 0 Å². The van der Waals surface area contributed by atoms with Crippen molar-refractivity contribution in [3.63, 3.8) is 0 Å². The number of fused-ring (bicyclic) bond motifs is 1. The van der Waals surface area contributed by atoms with Crippen molar-refractivity contribution in [1.82, 2.24) is 15.6 Å². The lowest BCUT2D eigenvalue weighted by Crippen LogP contribution is -2.41. The zero-order valence-electron chi connectivity index (χ0n) is 13.7. The molecule has 5 heteroatoms. The van der Waals surface area contributed by atoms with Gasteiger partial charge in [0.05, 0.1) is 0 Å². The molecule has 0 aliphatic rings. The summed E-state index contributed by atoms with van der Waals surface area (Å²) >= 11 is 0. The van der Waals surface area contributed by atoms with Crippen molar-refractivity contribution in [2.75, 3.05) is 6.54 Å². The molecule has 0 spiro atoms. The number of benzene rings is 1. The number of para-hydroxylation sites is 1. The minimum atomic E-state index is -0.364. The van der Waals surface area contributed by atoms with E-state index in [4.69, 9.17) is 5.26 Å². The van der Waals surface area contributed by atoms with Crippen LogP contribution >= 0.6 is 0 Å². The van der Waals surface area contributed by atoms with Gasteiger partial charge in [0, 0.05) is 35.4 Å². The molecule has 3 N–H and O–H groups in total. The molecule has 0 saturated heterocycles. The van der Waals surface area contributed by atoms with Crippen molar-refractivity contribution < 1.29 is 4.79 Å². The fourth-order valence-electron chi connectivity index (χ4n) is 2.28. The molecule has 1 heterocycles. The number of rotatable bonds is 5. The highest BCUT2D eigenvalue weighted by atomic mass is 16.1. The summed E-state index contributed by atoms with van der Waals surface area (Å²) in [7, 11) is 0. The van der Waals surface area contributed by atoms with Crippen LogP contribution in [-0.4, -0.2) is 23.0 Å². The van der Waals surface area contributed by atoms with Crippen LogP contribution in [0.3, 0.4) is 0 Å². The Morgan fingerprint density at radius 3 is 2.78 bits per heavy atom. The molecule has 0 saturated carbocycles. The summed E-state index contributed by atoms with van der Waals surface area (Å²) < 4.78 is 0. The summed E-state index contributed by atoms with van der Waals surface area (Å²) in [5, 5.41) is 16.1. The number of aromatic nitrogens is 1. The van der Waals surface area contributed by atoms with Crippen LogP contribution in [0.2, 0.25) is 0 Å². The van der Waals surface area contributed by atoms with Gasteiger partial charge >= 0.3 is 0 Å². The molecule has 0 atom stereocenters. The van der Waals surface area contributed by atoms with E-state index in [-0.39, 0.29) is 17.0 Å². The zero-order chi connectivity index (χ0) is 16.9. The topological polar surface area (TPSA) is 80.7 Å². The largest absolute Gasteiger partial charge is 0.389 e. The Hall–Kier alpha value is -2.74. The predicted molar refractivity (Wildman–Crippen MR) is 91.6 cm³/mol. The highest BCUT2D eigenvalue weighted by molar-refractivity contribution is 5.97. The number of amides is 1. The normalized spacial score (nSPS) is 12.0. The Bertz CT molecular complexity index is 759. The molecule has 2 aromatic rings. The van der Waals surface area contributed by atoms with E-state index in [0.29, 0.717) is 6.54 Å². The van der Waals surface area contributed by atoms with Crippen molar-refractivity contribution in [2.45, 2.75) is 32.7 Å². The van der Waals surface area contributed by atoms with Crippen LogP contribution in [0, 0.1) is 11.3 Å². The van der Waals surface area contributed by atoms with Gasteiger partial charge in [0.25, 0.3) is 5.91 Å². The Morgan fingerprint density at radius 2 is 2.09 bits per heavy atom. The fourth-order valence-corrected chi connectivity index (χ4v) is 2.28. The van der Waals surface area contributed by atoms with Crippen LogP contribution in [0.25, 0.3) is 10.9 Å². The van der Waals surface area contributed by atoms with Crippen molar-refractivity contribution in [3.8, 4) is 6.07 Å². The lowest BCUT2D eigenvalue weighted by Gasteiger charge is -2.20. The maximum absolute atomic E-state index is 11.9. The van der Waals surface area contributed by atoms with E-state index in [2.05, 4.69) is 21.7 Å². The monoisotopic (exact) mass is 310 g/mol. The first-order valence-electron chi connectivity index (χ1n) is 7.62. The van der Waals surface area contributed by atoms with Gasteiger partial charge in [-0.15, -0.1) is 0 Å². The highest BCUT2D eigenvalue weighted by Gasteiger charge is 2.16. The number of carbonyl (C=O) groups is 1. The summed E-state index contributed by atoms with van der Waals surface area (Å²) in [6.45, 7) is 6.29. The number of hydrogen-bond acceptors (Lipinski definition) is 3. The van der Waals surface area contributed by atoms with Gasteiger partial charge in [0.1, 0.15) is 11.6 Å². The van der Waals surface area contributed by atoms with Gasteiger partial charge in [-0.3, -0.25) is 4.79 Å². The molecule has 1 amide bonds. The van der Waals surface area contributed by atoms with E-state index >= 15 is 0 Å². The summed E-state index contributed by atoms with van der Waals surface area (Å²) in [6, 6.07) is 10.1. The fraction of sp³-hybridized carbons (Fsp3) is 0.333. The second kappa shape index (κ2) is 7.01. The van der Waals surface area contributed by atoms with Crippen LogP contribution < -0.4 is 10.6 Å². The number of hydrogen-bond donors (Lipinski definition) is 3. The molecule has 0 aliphatic carbocycles. The minimum Gasteiger partial charge on any atom is -0.389 e. The smallest absolute Gasteiger partial charge is 0.263 e. The van der Waals surface area contributed by atoms with E-state index < -0.39 is 0 Å². The van der Waals surface area contributed by atoms with E-state index in [0.717, 1.165) is 11.9 Å². The van der Waals surface area contributed by atoms with Crippen LogP contribution in [0.4, 0.5) is 0 Å². The average Bonchev–Trinajstić information content (AvgIpc) is 2.89. The highest BCUT2D eigenvalue weighted by Crippen LogP contribution is 2.17. The average molecular weight is 310 g/mol. The van der Waals surface area contributed by atoms with Gasteiger partial charge < -0.3 is 15.6 Å². The molecule has 0 unspecified atom stereocenters. The van der Waals surface area contributed by atoms with Gasteiger partial charge in [-0.25, -0.2) is 0 Å². The lowest BCUT2D eigenvalue weighted by molar-refractivity contribution is -0.118. The van der Waals surface area contributed by atoms with E-state index in [1.807, 2.05) is 51.2 Å². The Labute approximate surface area is 136 Å². The molecule has 1 aromatic heterocycles. The third-order valence-electron chi connectivity index (χ3n) is 3.31. The van der Waals surface area contributed by atoms with E-state index in [9.17, 15) is 4.79 Å². The summed E-state index contributed by atoms with van der Waals surface area (Å²) in [4.78, 5) is 15.2. The SMILES string of the molecule is CC(C)(C)NC(=O)/C(C#N)=C\NCCc1c[nH]c2ccccc12. The van der Waals surface area contributed by atoms with Crippen molar-refractivity contribution in [2.24, 2.45) is 0 Å². The predicted octanol–water partition coefficient (Wildman–Crippen LogP) is 2.62.